The summed E-state index contributed by atoms with van der Waals surface area (Å²) in [5.74, 6) is -3.43. The van der Waals surface area contributed by atoms with Crippen molar-refractivity contribution in [2.75, 3.05) is 52.9 Å². The van der Waals surface area contributed by atoms with Crippen LogP contribution in [0.3, 0.4) is 0 Å². The molecule has 45 nitrogen and oxygen atoms in total. The van der Waals surface area contributed by atoms with Crippen LogP contribution in [0, 0.1) is 0 Å². The lowest BCUT2D eigenvalue weighted by atomic mass is 9.93. The molecule has 0 spiro atoms. The standard InChI is InChI=1S/C56H94N4O41/c1-13(68)57-25-34(77)43(21(9-65)93-50(25)87-12-24-33(76)46(28(49(86)88-24)60-16(4)71)99-54-40(83)38(81)30(73)18(6-62)90-54)97-55-41(84)47(31(74)19(7-63)91-55)101-52-27(59-15(3)70)36(79)45(23(11-67)95-52)98-56-42(85)48(32(75)20(8-64)92-56)100-51-26(58-14(2)69)35(78)44(22(10-66)94-51)96-53-39(82)37(80)29(72)17(5-61)89-53/h17-56,61-67,72-86H,5-12H2,1-4H3,(H,57,68)(H,58,69)(H,59,70)(H,60,71)/t17-,18-,19-,20-,21-,22-,23-,24-,25-,26-,27-,28-,29+,30+,31+,32+,33+,34-,35-,36-,37+,38+,39-,40-,41-,42-,43-,44-,45-,46-,47+,48+,49-,50-,51+,52+,53+,54+,55+,56+/m1/s1. The summed E-state index contributed by atoms with van der Waals surface area (Å²) in [5.41, 5.74) is 0. The smallest absolute Gasteiger partial charge is 0.217 e. The van der Waals surface area contributed by atoms with Crippen molar-refractivity contribution in [2.24, 2.45) is 0 Å². The average molecular weight is 1480 g/mol. The molecule has 8 saturated heterocycles. The predicted molar refractivity (Wildman–Crippen MR) is 311 cm³/mol. The second-order valence-electron chi connectivity index (χ2n) is 25.4. The van der Waals surface area contributed by atoms with Gasteiger partial charge in [0.15, 0.2) is 50.3 Å². The monoisotopic (exact) mass is 1480 g/mol. The van der Waals surface area contributed by atoms with Crippen LogP contribution in [0.5, 0.6) is 0 Å². The number of carbonyl (C=O) groups is 4. The number of aliphatic hydroxyl groups excluding tert-OH is 22. The fraction of sp³-hybridized carbons (Fsp3) is 0.929. The van der Waals surface area contributed by atoms with Crippen molar-refractivity contribution in [3.63, 3.8) is 0 Å². The van der Waals surface area contributed by atoms with Crippen LogP contribution in [0.15, 0.2) is 0 Å². The topological polar surface area (TPSA) is 700 Å². The summed E-state index contributed by atoms with van der Waals surface area (Å²) < 4.78 is 86.9. The minimum Gasteiger partial charge on any atom is -0.394 e. The second-order valence-corrected chi connectivity index (χ2v) is 25.4. The zero-order valence-electron chi connectivity index (χ0n) is 54.3. The van der Waals surface area contributed by atoms with Gasteiger partial charge in [0.1, 0.15) is 195 Å². The van der Waals surface area contributed by atoms with Crippen LogP contribution in [0.1, 0.15) is 27.7 Å². The van der Waals surface area contributed by atoms with Gasteiger partial charge in [-0.05, 0) is 0 Å². The molecule has 0 saturated carbocycles. The largest absolute Gasteiger partial charge is 0.394 e. The molecular formula is C56H94N4O41. The first-order chi connectivity index (χ1) is 47.8. The van der Waals surface area contributed by atoms with E-state index in [4.69, 9.17) is 71.1 Å². The Hall–Kier alpha value is -3.60. The number of rotatable bonds is 26. The Morgan fingerprint density at radius 1 is 0.257 bits per heavy atom. The van der Waals surface area contributed by atoms with E-state index >= 15 is 0 Å². The zero-order valence-corrected chi connectivity index (χ0v) is 54.3. The minimum absolute atomic E-state index is 0.785. The van der Waals surface area contributed by atoms with Crippen molar-refractivity contribution >= 4 is 23.6 Å². The molecule has 0 aromatic rings. The van der Waals surface area contributed by atoms with E-state index in [9.17, 15) is 132 Å². The Morgan fingerprint density at radius 3 is 0.842 bits per heavy atom. The molecule has 8 rings (SSSR count). The Morgan fingerprint density at radius 2 is 0.515 bits per heavy atom. The van der Waals surface area contributed by atoms with Crippen LogP contribution in [0.25, 0.3) is 0 Å². The average Bonchev–Trinajstić information content (AvgIpc) is 0.775. The van der Waals surface area contributed by atoms with Gasteiger partial charge in [0.2, 0.25) is 23.6 Å². The molecule has 8 fully saturated rings. The van der Waals surface area contributed by atoms with Gasteiger partial charge in [0.05, 0.1) is 52.9 Å². The van der Waals surface area contributed by atoms with E-state index in [2.05, 4.69) is 21.3 Å². The second kappa shape index (κ2) is 36.3. The quantitative estimate of drug-likeness (QED) is 0.0382. The maximum absolute atomic E-state index is 12.9. The summed E-state index contributed by atoms with van der Waals surface area (Å²) in [4.78, 5) is 50.4. The summed E-state index contributed by atoms with van der Waals surface area (Å²) in [5, 5.41) is 250. The van der Waals surface area contributed by atoms with Gasteiger partial charge in [0, 0.05) is 27.7 Å². The Bertz CT molecular complexity index is 2640. The highest BCUT2D eigenvalue weighted by Crippen LogP contribution is 2.39. The van der Waals surface area contributed by atoms with E-state index in [0.29, 0.717) is 0 Å². The molecular weight excluding hydrogens is 1380 g/mol. The van der Waals surface area contributed by atoms with Crippen molar-refractivity contribution in [3.8, 4) is 0 Å². The van der Waals surface area contributed by atoms with Crippen LogP contribution in [0.2, 0.25) is 0 Å². The molecule has 40 atom stereocenters. The number of amides is 4. The van der Waals surface area contributed by atoms with E-state index in [1.54, 1.807) is 0 Å². The fourth-order valence-corrected chi connectivity index (χ4v) is 13.0. The highest BCUT2D eigenvalue weighted by atomic mass is 16.8. The molecule has 584 valence electrons. The highest BCUT2D eigenvalue weighted by molar-refractivity contribution is 5.74. The molecule has 4 amide bonds. The molecule has 0 aliphatic carbocycles. The van der Waals surface area contributed by atoms with Gasteiger partial charge >= 0.3 is 0 Å². The Kier molecular flexibility index (Phi) is 29.9. The van der Waals surface area contributed by atoms with Crippen LogP contribution in [-0.4, -0.2) is 434 Å². The lowest BCUT2D eigenvalue weighted by molar-refractivity contribution is -0.386. The third kappa shape index (κ3) is 18.5. The summed E-state index contributed by atoms with van der Waals surface area (Å²) in [6, 6.07) is -7.09. The van der Waals surface area contributed by atoms with Gasteiger partial charge in [-0.25, -0.2) is 0 Å². The summed E-state index contributed by atoms with van der Waals surface area (Å²) in [7, 11) is 0. The van der Waals surface area contributed by atoms with Crippen LogP contribution >= 0.6 is 0 Å². The number of nitrogens with one attached hydrogen (secondary N) is 4. The zero-order chi connectivity index (χ0) is 74.5. The van der Waals surface area contributed by atoms with Crippen LogP contribution in [-0.2, 0) is 90.2 Å². The van der Waals surface area contributed by atoms with Gasteiger partial charge in [-0.1, -0.05) is 0 Å². The SMILES string of the molecule is CC(=O)N[C@@H]1[C@@H](O[C@@H]2O[C@H](CO)[C@H](O)[C@H](O)[C@H]2O)[C@@H](O)[C@@H](CO[C@@H]2O[C@H](CO)[C@@H](O[C@@H]3O[C@H](CO)[C@H](O)[C@H](O[C@@H]4O[C@H](CO)[C@@H](O[C@@H]5O[C@H](CO)[C@H](O)[C@H](O[C@@H]6O[C@H](CO)[C@@H](O[C@@H]7O[C@H](CO)[C@H](O)[C@H](O)[C@H]7O)[C@H](O)[C@H]6NC(C)=O)[C@H]5O)[C@H](O)[C@H]4NC(C)=O)[C@H]3O)[C@H](O)[C@H]2NC(C)=O)O[C@H]1O. The van der Waals surface area contributed by atoms with Crippen LogP contribution < -0.4 is 21.3 Å². The molecule has 0 unspecified atom stereocenters. The van der Waals surface area contributed by atoms with E-state index in [1.165, 1.54) is 0 Å². The minimum atomic E-state index is -2.30. The third-order valence-corrected chi connectivity index (χ3v) is 18.2. The third-order valence-electron chi connectivity index (χ3n) is 18.2. The van der Waals surface area contributed by atoms with Gasteiger partial charge in [0.25, 0.3) is 0 Å². The fourth-order valence-electron chi connectivity index (χ4n) is 13.0. The maximum Gasteiger partial charge on any atom is 0.217 e. The normalized spacial score (nSPS) is 48.3. The van der Waals surface area contributed by atoms with E-state index < -0.39 is 322 Å². The van der Waals surface area contributed by atoms with Crippen molar-refractivity contribution in [1.82, 2.24) is 21.3 Å². The lowest BCUT2D eigenvalue weighted by Crippen LogP contribution is -2.71. The van der Waals surface area contributed by atoms with E-state index in [-0.39, 0.29) is 0 Å². The molecule has 0 radical (unpaired) electrons. The molecule has 0 aromatic carbocycles. The number of hydrogen-bond donors (Lipinski definition) is 26. The first kappa shape index (κ1) is 83.0. The molecule has 0 aromatic heterocycles. The first-order valence-electron chi connectivity index (χ1n) is 32.1. The van der Waals surface area contributed by atoms with Crippen molar-refractivity contribution < 1.29 is 203 Å². The molecule has 8 aliphatic rings. The lowest BCUT2D eigenvalue weighted by Gasteiger charge is -2.51. The van der Waals surface area contributed by atoms with E-state index in [0.717, 1.165) is 27.7 Å². The summed E-state index contributed by atoms with van der Waals surface area (Å²) in [6.45, 7) is -4.09. The van der Waals surface area contributed by atoms with E-state index in [1.807, 2.05) is 0 Å². The van der Waals surface area contributed by atoms with Gasteiger partial charge in [-0.3, -0.25) is 19.2 Å². The van der Waals surface area contributed by atoms with Crippen molar-refractivity contribution in [2.45, 2.75) is 273 Å². The number of hydrogen-bond acceptors (Lipinski definition) is 41. The van der Waals surface area contributed by atoms with Crippen LogP contribution in [0.4, 0.5) is 0 Å². The summed E-state index contributed by atoms with van der Waals surface area (Å²) >= 11 is 0. The molecule has 45 heteroatoms. The van der Waals surface area contributed by atoms with Crippen molar-refractivity contribution in [1.29, 1.82) is 0 Å². The Labute approximate surface area is 572 Å². The number of carbonyl (C=O) groups excluding carboxylic acids is 4. The highest BCUT2D eigenvalue weighted by Gasteiger charge is 2.60. The Balaban J connectivity index is 0.964. The maximum atomic E-state index is 12.9. The van der Waals surface area contributed by atoms with Gasteiger partial charge < -0.3 is 205 Å². The number of aliphatic hydroxyl groups is 22. The molecule has 26 N–H and O–H groups in total. The number of ether oxygens (including phenoxy) is 15. The molecule has 0 bridgehead atoms. The summed E-state index contributed by atoms with van der Waals surface area (Å²) in [6.07, 6.45) is -70.2. The predicted octanol–water partition coefficient (Wildman–Crippen LogP) is -17.9. The molecule has 101 heavy (non-hydrogen) atoms. The first-order valence-corrected chi connectivity index (χ1v) is 32.1. The molecule has 8 aliphatic heterocycles. The van der Waals surface area contributed by atoms with Crippen molar-refractivity contribution in [3.05, 3.63) is 0 Å². The van der Waals surface area contributed by atoms with Gasteiger partial charge in [-0.15, -0.1) is 0 Å². The molecule has 8 heterocycles. The van der Waals surface area contributed by atoms with Gasteiger partial charge in [-0.2, -0.15) is 0 Å².